The normalized spacial score (nSPS) is 10.8. The Morgan fingerprint density at radius 2 is 2.33 bits per heavy atom. The van der Waals surface area contributed by atoms with Crippen molar-refractivity contribution in [2.24, 2.45) is 0 Å². The molecule has 0 spiro atoms. The van der Waals surface area contributed by atoms with Gasteiger partial charge in [0.1, 0.15) is 0 Å². The van der Waals surface area contributed by atoms with Crippen LogP contribution < -0.4 is 0 Å². The molecule has 2 rings (SSSR count). The van der Waals surface area contributed by atoms with Gasteiger partial charge in [0.2, 0.25) is 0 Å². The number of nitrogens with one attached hydrogen (secondary N) is 1. The molecule has 0 saturated heterocycles. The standard InChI is InChI=1S/C8H6BrClN2/c9-6-2-8-7(11-4-12-8)1-5(6)3-10/h1-2,4H,3H2,(H,11,12). The van der Waals surface area contributed by atoms with Gasteiger partial charge in [-0.15, -0.1) is 11.6 Å². The van der Waals surface area contributed by atoms with Gasteiger partial charge in [0.25, 0.3) is 0 Å². The third kappa shape index (κ3) is 1.23. The van der Waals surface area contributed by atoms with Gasteiger partial charge >= 0.3 is 0 Å². The molecule has 0 aliphatic rings. The maximum Gasteiger partial charge on any atom is 0.0931 e. The smallest absolute Gasteiger partial charge is 0.0931 e. The number of alkyl halides is 1. The van der Waals surface area contributed by atoms with E-state index in [0.29, 0.717) is 5.88 Å². The lowest BCUT2D eigenvalue weighted by molar-refractivity contribution is 1.34. The van der Waals surface area contributed by atoms with Gasteiger partial charge in [0, 0.05) is 10.4 Å². The molecule has 1 aromatic heterocycles. The zero-order valence-corrected chi connectivity index (χ0v) is 8.48. The van der Waals surface area contributed by atoms with Crippen molar-refractivity contribution in [1.29, 1.82) is 0 Å². The first-order valence-corrected chi connectivity index (χ1v) is 4.81. The van der Waals surface area contributed by atoms with Crippen LogP contribution in [0, 0.1) is 0 Å². The van der Waals surface area contributed by atoms with Crippen LogP contribution in [0.4, 0.5) is 0 Å². The highest BCUT2D eigenvalue weighted by atomic mass is 79.9. The van der Waals surface area contributed by atoms with Crippen LogP contribution in [-0.4, -0.2) is 9.97 Å². The molecule has 62 valence electrons. The molecule has 2 nitrogen and oxygen atoms in total. The molecule has 0 amide bonds. The fourth-order valence-corrected chi connectivity index (χ4v) is 1.96. The Morgan fingerprint density at radius 3 is 3.08 bits per heavy atom. The summed E-state index contributed by atoms with van der Waals surface area (Å²) in [7, 11) is 0. The van der Waals surface area contributed by atoms with E-state index in [9.17, 15) is 0 Å². The van der Waals surface area contributed by atoms with Crippen molar-refractivity contribution >= 4 is 38.6 Å². The number of halogens is 2. The van der Waals surface area contributed by atoms with E-state index in [1.54, 1.807) is 6.33 Å². The average molecular weight is 246 g/mol. The van der Waals surface area contributed by atoms with Crippen LogP contribution in [-0.2, 0) is 5.88 Å². The molecule has 0 saturated carbocycles. The molecule has 0 aliphatic heterocycles. The summed E-state index contributed by atoms with van der Waals surface area (Å²) in [5, 5.41) is 0. The third-order valence-electron chi connectivity index (χ3n) is 1.73. The van der Waals surface area contributed by atoms with Crippen molar-refractivity contribution in [1.82, 2.24) is 9.97 Å². The summed E-state index contributed by atoms with van der Waals surface area (Å²) in [5.74, 6) is 0.509. The van der Waals surface area contributed by atoms with E-state index in [4.69, 9.17) is 11.6 Å². The summed E-state index contributed by atoms with van der Waals surface area (Å²) in [5.41, 5.74) is 3.05. The molecule has 1 N–H and O–H groups in total. The van der Waals surface area contributed by atoms with Crippen LogP contribution in [0.25, 0.3) is 11.0 Å². The monoisotopic (exact) mass is 244 g/mol. The largest absolute Gasteiger partial charge is 0.345 e. The molecule has 0 aliphatic carbocycles. The van der Waals surface area contributed by atoms with Crippen molar-refractivity contribution in [3.05, 3.63) is 28.5 Å². The van der Waals surface area contributed by atoms with Crippen LogP contribution in [0.3, 0.4) is 0 Å². The molecule has 2 aromatic rings. The number of rotatable bonds is 1. The van der Waals surface area contributed by atoms with Gasteiger partial charge in [-0.05, 0) is 17.7 Å². The molecule has 12 heavy (non-hydrogen) atoms. The van der Waals surface area contributed by atoms with Gasteiger partial charge in [-0.2, -0.15) is 0 Å². The van der Waals surface area contributed by atoms with Gasteiger partial charge in [-0.3, -0.25) is 0 Å². The molecular formula is C8H6BrClN2. The van der Waals surface area contributed by atoms with Gasteiger partial charge in [-0.25, -0.2) is 4.98 Å². The Labute approximate surface area is 83.1 Å². The number of benzene rings is 1. The number of aromatic nitrogens is 2. The molecule has 0 bridgehead atoms. The minimum absolute atomic E-state index is 0.509. The van der Waals surface area contributed by atoms with Gasteiger partial charge in [-0.1, -0.05) is 15.9 Å². The number of hydrogen-bond acceptors (Lipinski definition) is 1. The van der Waals surface area contributed by atoms with Gasteiger partial charge in [0.15, 0.2) is 0 Å². The summed E-state index contributed by atoms with van der Waals surface area (Å²) in [6.45, 7) is 0. The molecule has 1 heterocycles. The molecule has 0 unspecified atom stereocenters. The molecular weight excluding hydrogens is 239 g/mol. The number of imidazole rings is 1. The third-order valence-corrected chi connectivity index (χ3v) is 2.76. The van der Waals surface area contributed by atoms with E-state index in [0.717, 1.165) is 21.1 Å². The minimum atomic E-state index is 0.509. The minimum Gasteiger partial charge on any atom is -0.345 e. The highest BCUT2D eigenvalue weighted by molar-refractivity contribution is 9.10. The molecule has 0 atom stereocenters. The molecule has 0 radical (unpaired) electrons. The zero-order valence-electron chi connectivity index (χ0n) is 6.14. The summed E-state index contributed by atoms with van der Waals surface area (Å²) in [4.78, 5) is 7.16. The van der Waals surface area contributed by atoms with Crippen molar-refractivity contribution in [3.63, 3.8) is 0 Å². The highest BCUT2D eigenvalue weighted by Crippen LogP contribution is 2.23. The predicted molar refractivity (Wildman–Crippen MR) is 53.4 cm³/mol. The van der Waals surface area contributed by atoms with Crippen LogP contribution in [0.15, 0.2) is 22.9 Å². The lowest BCUT2D eigenvalue weighted by Crippen LogP contribution is -1.80. The fraction of sp³-hybridized carbons (Fsp3) is 0.125. The first kappa shape index (κ1) is 8.08. The quantitative estimate of drug-likeness (QED) is 0.769. The SMILES string of the molecule is ClCc1cc2[nH]cnc2cc1Br. The van der Waals surface area contributed by atoms with Crippen LogP contribution >= 0.6 is 27.5 Å². The first-order valence-electron chi connectivity index (χ1n) is 3.48. The van der Waals surface area contributed by atoms with Crippen LogP contribution in [0.1, 0.15) is 5.56 Å². The van der Waals surface area contributed by atoms with E-state index in [1.165, 1.54) is 0 Å². The molecule has 1 aromatic carbocycles. The maximum absolute atomic E-state index is 5.74. The van der Waals surface area contributed by atoms with Crippen molar-refractivity contribution in [3.8, 4) is 0 Å². The molecule has 4 heteroatoms. The van der Waals surface area contributed by atoms with Crippen LogP contribution in [0.5, 0.6) is 0 Å². The summed E-state index contributed by atoms with van der Waals surface area (Å²) in [6.07, 6.45) is 1.68. The highest BCUT2D eigenvalue weighted by Gasteiger charge is 2.02. The van der Waals surface area contributed by atoms with Crippen LogP contribution in [0.2, 0.25) is 0 Å². The summed E-state index contributed by atoms with van der Waals surface area (Å²) in [6, 6.07) is 3.96. The lowest BCUT2D eigenvalue weighted by atomic mass is 10.2. The summed E-state index contributed by atoms with van der Waals surface area (Å²) < 4.78 is 1.01. The second-order valence-electron chi connectivity index (χ2n) is 2.50. The number of H-pyrrole nitrogens is 1. The fourth-order valence-electron chi connectivity index (χ4n) is 1.10. The second kappa shape index (κ2) is 3.07. The number of fused-ring (bicyclic) bond motifs is 1. The Kier molecular flexibility index (Phi) is 2.07. The van der Waals surface area contributed by atoms with E-state index >= 15 is 0 Å². The maximum atomic E-state index is 5.74. The van der Waals surface area contributed by atoms with Crippen molar-refractivity contribution in [2.75, 3.05) is 0 Å². The first-order chi connectivity index (χ1) is 5.81. The topological polar surface area (TPSA) is 28.7 Å². The van der Waals surface area contributed by atoms with Crippen molar-refractivity contribution < 1.29 is 0 Å². The zero-order chi connectivity index (χ0) is 8.55. The second-order valence-corrected chi connectivity index (χ2v) is 3.62. The van der Waals surface area contributed by atoms with Gasteiger partial charge in [0.05, 0.1) is 17.4 Å². The van der Waals surface area contributed by atoms with Crippen molar-refractivity contribution in [2.45, 2.75) is 5.88 Å². The van der Waals surface area contributed by atoms with E-state index in [2.05, 4.69) is 25.9 Å². The molecule has 0 fully saturated rings. The Morgan fingerprint density at radius 1 is 1.50 bits per heavy atom. The lowest BCUT2D eigenvalue weighted by Gasteiger charge is -1.98. The average Bonchev–Trinajstić information content (AvgIpc) is 2.49. The van der Waals surface area contributed by atoms with Gasteiger partial charge < -0.3 is 4.98 Å². The predicted octanol–water partition coefficient (Wildman–Crippen LogP) is 3.06. The number of nitrogens with zero attached hydrogens (tertiary/aromatic N) is 1. The summed E-state index contributed by atoms with van der Waals surface area (Å²) >= 11 is 9.16. The van der Waals surface area contributed by atoms with E-state index in [-0.39, 0.29) is 0 Å². The van der Waals surface area contributed by atoms with E-state index in [1.807, 2.05) is 12.1 Å². The Hall–Kier alpha value is -0.540. The number of hydrogen-bond donors (Lipinski definition) is 1. The number of aromatic amines is 1. The van der Waals surface area contributed by atoms with E-state index < -0.39 is 0 Å². The Bertz CT molecular complexity index is 410. The Balaban J connectivity index is 2.73.